The summed E-state index contributed by atoms with van der Waals surface area (Å²) in [6.45, 7) is 4.82. The smallest absolute Gasteiger partial charge is 0.0585 e. The van der Waals surface area contributed by atoms with Crippen LogP contribution in [0, 0.1) is 0 Å². The van der Waals surface area contributed by atoms with Gasteiger partial charge in [-0.3, -0.25) is 0 Å². The zero-order valence-electron chi connectivity index (χ0n) is 33.2. The fourth-order valence-corrected chi connectivity index (χ4v) is 9.59. The highest BCUT2D eigenvalue weighted by molar-refractivity contribution is 6.05. The topological polar surface area (TPSA) is 8.17 Å². The number of para-hydroxylation sites is 1. The number of fused-ring (bicyclic) bond motifs is 7. The lowest BCUT2D eigenvalue weighted by atomic mass is 9.79. The maximum absolute atomic E-state index is 2.49. The van der Waals surface area contributed by atoms with Crippen molar-refractivity contribution in [2.75, 3.05) is 4.90 Å². The average Bonchev–Trinajstić information content (AvgIpc) is 3.77. The molecule has 0 spiro atoms. The normalized spacial score (nSPS) is 12.7. The van der Waals surface area contributed by atoms with Gasteiger partial charge >= 0.3 is 0 Å². The summed E-state index contributed by atoms with van der Waals surface area (Å²) in [5.41, 5.74) is 18.2. The Bertz CT molecular complexity index is 3040. The van der Waals surface area contributed by atoms with Gasteiger partial charge in [0.25, 0.3) is 0 Å². The van der Waals surface area contributed by atoms with E-state index in [1.54, 1.807) is 0 Å². The standard InChI is InChI=1S/C57H42N2/c1-57(2)54-50-21-13-12-18-44(50)28-36-51(54)56-55(57)52-38-45(29-37-53(52)59(56)46-19-10-5-11-20-46)43-26-34-49(35-27-43)58(47-30-22-41(23-31-47)39-14-6-3-7-15-39)48-32-24-42(25-33-48)40-16-8-4-9-17-40/h3-38H,1-2H3. The average molecular weight is 755 g/mol. The zero-order valence-corrected chi connectivity index (χ0v) is 33.2. The molecule has 1 heterocycles. The van der Waals surface area contributed by atoms with Crippen LogP contribution in [0.1, 0.15) is 25.0 Å². The number of hydrogen-bond donors (Lipinski definition) is 0. The van der Waals surface area contributed by atoms with E-state index in [4.69, 9.17) is 0 Å². The molecule has 0 fully saturated rings. The third-order valence-electron chi connectivity index (χ3n) is 12.3. The molecule has 0 saturated carbocycles. The van der Waals surface area contributed by atoms with Crippen LogP contribution in [0.2, 0.25) is 0 Å². The third-order valence-corrected chi connectivity index (χ3v) is 12.3. The van der Waals surface area contributed by atoms with Crippen molar-refractivity contribution in [3.05, 3.63) is 230 Å². The lowest BCUT2D eigenvalue weighted by Gasteiger charge is -2.26. The van der Waals surface area contributed by atoms with E-state index in [0.29, 0.717) is 0 Å². The van der Waals surface area contributed by atoms with Gasteiger partial charge in [0.05, 0.1) is 11.2 Å². The molecular formula is C57H42N2. The largest absolute Gasteiger partial charge is 0.311 e. The molecule has 59 heavy (non-hydrogen) atoms. The highest BCUT2D eigenvalue weighted by Gasteiger charge is 2.41. The maximum atomic E-state index is 2.49. The van der Waals surface area contributed by atoms with Crippen molar-refractivity contribution in [1.82, 2.24) is 4.57 Å². The first-order valence-electron chi connectivity index (χ1n) is 20.5. The SMILES string of the molecule is CC1(C)c2c(ccc3ccccc23)-c2c1c1cc(-c3ccc(N(c4ccc(-c5ccccc5)cc4)c4ccc(-c5ccccc5)cc4)cc3)ccc1n2-c1ccccc1. The fraction of sp³-hybridized carbons (Fsp3) is 0.0526. The van der Waals surface area contributed by atoms with Gasteiger partial charge in [-0.1, -0.05) is 172 Å². The van der Waals surface area contributed by atoms with E-state index >= 15 is 0 Å². The van der Waals surface area contributed by atoms with Gasteiger partial charge in [-0.25, -0.2) is 0 Å². The second-order valence-corrected chi connectivity index (χ2v) is 16.2. The van der Waals surface area contributed by atoms with Gasteiger partial charge in [-0.2, -0.15) is 0 Å². The Morgan fingerprint density at radius 3 is 1.39 bits per heavy atom. The fourth-order valence-electron chi connectivity index (χ4n) is 9.59. The molecule has 0 saturated heterocycles. The molecule has 1 aliphatic carbocycles. The lowest BCUT2D eigenvalue weighted by Crippen LogP contribution is -2.15. The highest BCUT2D eigenvalue weighted by atomic mass is 15.1. The van der Waals surface area contributed by atoms with Crippen LogP contribution in [0.15, 0.2) is 218 Å². The van der Waals surface area contributed by atoms with Crippen LogP contribution >= 0.6 is 0 Å². The van der Waals surface area contributed by atoms with Crippen LogP contribution in [0.25, 0.3) is 72.0 Å². The van der Waals surface area contributed by atoms with Gasteiger partial charge in [0.15, 0.2) is 0 Å². The molecule has 280 valence electrons. The molecule has 0 aliphatic heterocycles. The Morgan fingerprint density at radius 2 is 0.831 bits per heavy atom. The summed E-state index contributed by atoms with van der Waals surface area (Å²) in [4.78, 5) is 2.35. The van der Waals surface area contributed by atoms with E-state index < -0.39 is 0 Å². The molecule has 2 nitrogen and oxygen atoms in total. The van der Waals surface area contributed by atoms with Crippen molar-refractivity contribution < 1.29 is 0 Å². The van der Waals surface area contributed by atoms with Gasteiger partial charge in [-0.15, -0.1) is 0 Å². The van der Waals surface area contributed by atoms with Crippen molar-refractivity contribution in [3.63, 3.8) is 0 Å². The summed E-state index contributed by atoms with van der Waals surface area (Å²) in [5.74, 6) is 0. The van der Waals surface area contributed by atoms with Crippen LogP contribution in [0.5, 0.6) is 0 Å². The van der Waals surface area contributed by atoms with Gasteiger partial charge in [0, 0.05) is 39.1 Å². The summed E-state index contributed by atoms with van der Waals surface area (Å²) in [5, 5.41) is 3.92. The van der Waals surface area contributed by atoms with E-state index in [1.165, 1.54) is 83.1 Å². The second-order valence-electron chi connectivity index (χ2n) is 16.2. The summed E-state index contributed by atoms with van der Waals surface area (Å²) >= 11 is 0. The first-order valence-corrected chi connectivity index (χ1v) is 20.5. The maximum Gasteiger partial charge on any atom is 0.0585 e. The van der Waals surface area contributed by atoms with Crippen molar-refractivity contribution in [1.29, 1.82) is 0 Å². The van der Waals surface area contributed by atoms with Crippen molar-refractivity contribution in [2.24, 2.45) is 0 Å². The van der Waals surface area contributed by atoms with Gasteiger partial charge in [-0.05, 0) is 116 Å². The number of hydrogen-bond acceptors (Lipinski definition) is 1. The van der Waals surface area contributed by atoms with Gasteiger partial charge in [0.1, 0.15) is 0 Å². The molecule has 10 aromatic rings. The number of aromatic nitrogens is 1. The third kappa shape index (κ3) is 5.79. The monoisotopic (exact) mass is 754 g/mol. The minimum absolute atomic E-state index is 0.196. The first-order chi connectivity index (χ1) is 29.0. The van der Waals surface area contributed by atoms with E-state index in [2.05, 4.69) is 242 Å². The first kappa shape index (κ1) is 34.8. The second kappa shape index (κ2) is 13.9. The van der Waals surface area contributed by atoms with Crippen molar-refractivity contribution in [2.45, 2.75) is 19.3 Å². The van der Waals surface area contributed by atoms with Crippen molar-refractivity contribution >= 4 is 38.7 Å². The minimum Gasteiger partial charge on any atom is -0.311 e. The zero-order chi connectivity index (χ0) is 39.5. The van der Waals surface area contributed by atoms with E-state index in [-0.39, 0.29) is 5.41 Å². The lowest BCUT2D eigenvalue weighted by molar-refractivity contribution is 0.672. The predicted octanol–water partition coefficient (Wildman–Crippen LogP) is 15.6. The number of nitrogens with zero attached hydrogens (tertiary/aromatic N) is 2. The number of rotatable bonds is 7. The number of benzene rings is 9. The molecule has 0 amide bonds. The molecule has 1 aliphatic rings. The van der Waals surface area contributed by atoms with Crippen LogP contribution < -0.4 is 4.90 Å². The van der Waals surface area contributed by atoms with Gasteiger partial charge in [0.2, 0.25) is 0 Å². The molecule has 0 N–H and O–H groups in total. The van der Waals surface area contributed by atoms with Gasteiger partial charge < -0.3 is 9.47 Å². The molecule has 0 radical (unpaired) electrons. The Kier molecular flexibility index (Phi) is 8.20. The quantitative estimate of drug-likeness (QED) is 0.157. The Morgan fingerprint density at radius 1 is 0.373 bits per heavy atom. The summed E-state index contributed by atoms with van der Waals surface area (Å²) in [7, 11) is 0. The molecule has 2 heteroatoms. The molecule has 9 aromatic carbocycles. The molecule has 0 unspecified atom stereocenters. The van der Waals surface area contributed by atoms with Crippen LogP contribution in [0.4, 0.5) is 17.1 Å². The Labute approximate surface area is 345 Å². The molecular weight excluding hydrogens is 713 g/mol. The summed E-state index contributed by atoms with van der Waals surface area (Å²) in [6.07, 6.45) is 0. The highest BCUT2D eigenvalue weighted by Crippen LogP contribution is 2.56. The van der Waals surface area contributed by atoms with Crippen molar-refractivity contribution in [3.8, 4) is 50.3 Å². The number of anilines is 3. The summed E-state index contributed by atoms with van der Waals surface area (Å²) in [6, 6.07) is 79.5. The minimum atomic E-state index is -0.196. The Hall–Kier alpha value is -7.42. The van der Waals surface area contributed by atoms with Crippen LogP contribution in [0.3, 0.4) is 0 Å². The molecule has 1 aromatic heterocycles. The molecule has 0 atom stereocenters. The van der Waals surface area contributed by atoms with E-state index in [9.17, 15) is 0 Å². The summed E-state index contributed by atoms with van der Waals surface area (Å²) < 4.78 is 2.49. The van der Waals surface area contributed by atoms with Crippen LogP contribution in [-0.2, 0) is 5.41 Å². The van der Waals surface area contributed by atoms with E-state index in [1.807, 2.05) is 0 Å². The Balaban J connectivity index is 1.02. The predicted molar refractivity (Wildman–Crippen MR) is 249 cm³/mol. The molecule has 11 rings (SSSR count). The van der Waals surface area contributed by atoms with E-state index in [0.717, 1.165) is 17.1 Å². The molecule has 0 bridgehead atoms. The van der Waals surface area contributed by atoms with Crippen LogP contribution in [-0.4, -0.2) is 4.57 Å².